The standard InChI is InChI=1S/C14H16BrFN2S/c15-11-8-10(4-5-12(11)16)17-13-18-14(9-19-13)6-2-1-3-7-14/h4-5,8H,1-3,6-7,9H2,(H,17,18). The molecule has 1 spiro atoms. The summed E-state index contributed by atoms with van der Waals surface area (Å²) in [4.78, 5) is 4.89. The van der Waals surface area contributed by atoms with Crippen LogP contribution in [0.25, 0.3) is 0 Å². The van der Waals surface area contributed by atoms with Crippen molar-refractivity contribution in [2.24, 2.45) is 4.99 Å². The van der Waals surface area contributed by atoms with Crippen LogP contribution < -0.4 is 5.32 Å². The van der Waals surface area contributed by atoms with Crippen molar-refractivity contribution in [3.8, 4) is 0 Å². The van der Waals surface area contributed by atoms with Gasteiger partial charge in [0.25, 0.3) is 0 Å². The van der Waals surface area contributed by atoms with E-state index in [4.69, 9.17) is 4.99 Å². The summed E-state index contributed by atoms with van der Waals surface area (Å²) in [6.45, 7) is 0. The summed E-state index contributed by atoms with van der Waals surface area (Å²) in [5.74, 6) is 0.841. The van der Waals surface area contributed by atoms with Crippen LogP contribution in [0.15, 0.2) is 27.7 Å². The zero-order chi connectivity index (χ0) is 13.3. The van der Waals surface area contributed by atoms with Gasteiger partial charge in [0.2, 0.25) is 0 Å². The first-order valence-electron chi connectivity index (χ1n) is 6.62. The zero-order valence-electron chi connectivity index (χ0n) is 10.6. The second-order valence-corrected chi connectivity index (χ2v) is 7.06. The lowest BCUT2D eigenvalue weighted by Gasteiger charge is -2.29. The number of thioether (sulfide) groups is 1. The summed E-state index contributed by atoms with van der Waals surface area (Å²) in [6, 6.07) is 4.96. The molecule has 0 amide bonds. The molecule has 1 N–H and O–H groups in total. The Hall–Kier alpha value is -0.550. The Labute approximate surface area is 125 Å². The molecular weight excluding hydrogens is 327 g/mol. The molecule has 0 radical (unpaired) electrons. The van der Waals surface area contributed by atoms with Crippen molar-refractivity contribution in [2.45, 2.75) is 37.6 Å². The van der Waals surface area contributed by atoms with Crippen LogP contribution in [0.4, 0.5) is 10.1 Å². The molecule has 1 aromatic rings. The minimum absolute atomic E-state index is 0.169. The van der Waals surface area contributed by atoms with E-state index in [0.717, 1.165) is 16.6 Å². The molecule has 2 nitrogen and oxygen atoms in total. The number of rotatable bonds is 1. The highest BCUT2D eigenvalue weighted by Gasteiger charge is 2.36. The van der Waals surface area contributed by atoms with Gasteiger partial charge in [0.15, 0.2) is 5.17 Å². The average Bonchev–Trinajstić information content (AvgIpc) is 2.78. The minimum Gasteiger partial charge on any atom is -0.335 e. The number of hydrogen-bond donors (Lipinski definition) is 1. The number of hydrogen-bond acceptors (Lipinski definition) is 3. The molecule has 2 aliphatic rings. The van der Waals surface area contributed by atoms with E-state index in [9.17, 15) is 4.39 Å². The Morgan fingerprint density at radius 3 is 2.79 bits per heavy atom. The Bertz CT molecular complexity index is 512. The van der Waals surface area contributed by atoms with E-state index in [2.05, 4.69) is 21.2 Å². The van der Waals surface area contributed by atoms with Crippen molar-refractivity contribution < 1.29 is 4.39 Å². The van der Waals surface area contributed by atoms with Gasteiger partial charge < -0.3 is 5.32 Å². The van der Waals surface area contributed by atoms with Crippen molar-refractivity contribution in [1.82, 2.24) is 0 Å². The summed E-state index contributed by atoms with van der Waals surface area (Å²) >= 11 is 4.99. The largest absolute Gasteiger partial charge is 0.335 e. The van der Waals surface area contributed by atoms with Crippen LogP contribution in [0.2, 0.25) is 0 Å². The molecule has 1 heterocycles. The van der Waals surface area contributed by atoms with Crippen LogP contribution in [0.5, 0.6) is 0 Å². The third kappa shape index (κ3) is 2.97. The molecule has 19 heavy (non-hydrogen) atoms. The second kappa shape index (κ2) is 5.44. The first-order chi connectivity index (χ1) is 9.17. The molecular formula is C14H16BrFN2S. The predicted octanol–water partition coefficient (Wildman–Crippen LogP) is 4.81. The molecule has 5 heteroatoms. The van der Waals surface area contributed by atoms with Crippen molar-refractivity contribution in [2.75, 3.05) is 11.1 Å². The van der Waals surface area contributed by atoms with E-state index < -0.39 is 0 Å². The monoisotopic (exact) mass is 342 g/mol. The summed E-state index contributed by atoms with van der Waals surface area (Å²) < 4.78 is 13.7. The van der Waals surface area contributed by atoms with E-state index in [1.54, 1.807) is 23.9 Å². The van der Waals surface area contributed by atoms with E-state index in [-0.39, 0.29) is 11.4 Å². The van der Waals surface area contributed by atoms with Gasteiger partial charge in [-0.3, -0.25) is 4.99 Å². The number of halogens is 2. The van der Waals surface area contributed by atoms with Gasteiger partial charge in [0.1, 0.15) is 5.82 Å². The van der Waals surface area contributed by atoms with Gasteiger partial charge in [0.05, 0.1) is 10.0 Å². The van der Waals surface area contributed by atoms with Crippen LogP contribution in [0.1, 0.15) is 32.1 Å². The number of benzene rings is 1. The maximum Gasteiger partial charge on any atom is 0.161 e. The third-order valence-electron chi connectivity index (χ3n) is 3.77. The second-order valence-electron chi connectivity index (χ2n) is 5.24. The highest BCUT2D eigenvalue weighted by Crippen LogP contribution is 2.40. The molecule has 1 aromatic carbocycles. The van der Waals surface area contributed by atoms with Gasteiger partial charge in [-0.05, 0) is 47.0 Å². The van der Waals surface area contributed by atoms with Gasteiger partial charge >= 0.3 is 0 Å². The summed E-state index contributed by atoms with van der Waals surface area (Å²) in [6.07, 6.45) is 6.34. The highest BCUT2D eigenvalue weighted by atomic mass is 79.9. The first kappa shape index (κ1) is 13.4. The molecule has 0 aromatic heterocycles. The number of amidine groups is 1. The van der Waals surface area contributed by atoms with Crippen molar-refractivity contribution in [3.63, 3.8) is 0 Å². The molecule has 1 aliphatic heterocycles. The summed E-state index contributed by atoms with van der Waals surface area (Å²) in [7, 11) is 0. The molecule has 1 fully saturated rings. The normalized spacial score (nSPS) is 21.5. The highest BCUT2D eigenvalue weighted by molar-refractivity contribution is 9.10. The SMILES string of the molecule is Fc1ccc(NC2=NC3(CCCCC3)CS2)cc1Br. The Morgan fingerprint density at radius 1 is 1.26 bits per heavy atom. The summed E-state index contributed by atoms with van der Waals surface area (Å²) in [5.41, 5.74) is 1.05. The van der Waals surface area contributed by atoms with E-state index in [1.807, 2.05) is 0 Å². The molecule has 1 saturated carbocycles. The quantitative estimate of drug-likeness (QED) is 0.792. The maximum absolute atomic E-state index is 13.2. The molecule has 0 bridgehead atoms. The van der Waals surface area contributed by atoms with Crippen LogP contribution in [-0.4, -0.2) is 16.5 Å². The molecule has 102 valence electrons. The van der Waals surface area contributed by atoms with Gasteiger partial charge in [0, 0.05) is 11.4 Å². The maximum atomic E-state index is 13.2. The van der Waals surface area contributed by atoms with Crippen molar-refractivity contribution in [1.29, 1.82) is 0 Å². The number of anilines is 1. The lowest BCUT2D eigenvalue weighted by molar-refractivity contribution is 0.335. The molecule has 0 atom stereocenters. The van der Waals surface area contributed by atoms with Gasteiger partial charge in [-0.1, -0.05) is 31.0 Å². The number of nitrogens with one attached hydrogen (secondary N) is 1. The fourth-order valence-corrected chi connectivity index (χ4v) is 4.30. The van der Waals surface area contributed by atoms with E-state index in [1.165, 1.54) is 38.2 Å². The third-order valence-corrected chi connectivity index (χ3v) is 5.53. The number of aliphatic imine (C=N–C) groups is 1. The van der Waals surface area contributed by atoms with Crippen molar-refractivity contribution in [3.05, 3.63) is 28.5 Å². The first-order valence-corrected chi connectivity index (χ1v) is 8.40. The average molecular weight is 343 g/mol. The summed E-state index contributed by atoms with van der Waals surface area (Å²) in [5, 5.41) is 4.27. The van der Waals surface area contributed by atoms with E-state index >= 15 is 0 Å². The van der Waals surface area contributed by atoms with Gasteiger partial charge in [-0.2, -0.15) is 0 Å². The topological polar surface area (TPSA) is 24.4 Å². The van der Waals surface area contributed by atoms with E-state index in [0.29, 0.717) is 4.47 Å². The number of nitrogens with zero attached hydrogens (tertiary/aromatic N) is 1. The molecule has 1 aliphatic carbocycles. The Balaban J connectivity index is 1.73. The fraction of sp³-hybridized carbons (Fsp3) is 0.500. The molecule has 0 saturated heterocycles. The fourth-order valence-electron chi connectivity index (χ4n) is 2.71. The predicted molar refractivity (Wildman–Crippen MR) is 83.4 cm³/mol. The van der Waals surface area contributed by atoms with Crippen LogP contribution >= 0.6 is 27.7 Å². The van der Waals surface area contributed by atoms with Crippen LogP contribution in [0, 0.1) is 5.82 Å². The smallest absolute Gasteiger partial charge is 0.161 e. The molecule has 3 rings (SSSR count). The van der Waals surface area contributed by atoms with Crippen LogP contribution in [-0.2, 0) is 0 Å². The van der Waals surface area contributed by atoms with Crippen LogP contribution in [0.3, 0.4) is 0 Å². The van der Waals surface area contributed by atoms with Gasteiger partial charge in [-0.15, -0.1) is 0 Å². The Kier molecular flexibility index (Phi) is 3.85. The van der Waals surface area contributed by atoms with Gasteiger partial charge in [-0.25, -0.2) is 4.39 Å². The molecule has 0 unspecified atom stereocenters. The lowest BCUT2D eigenvalue weighted by Crippen LogP contribution is -2.29. The Morgan fingerprint density at radius 2 is 2.05 bits per heavy atom. The lowest BCUT2D eigenvalue weighted by atomic mass is 9.84. The minimum atomic E-state index is -0.240. The van der Waals surface area contributed by atoms with Crippen molar-refractivity contribution >= 4 is 38.5 Å². The zero-order valence-corrected chi connectivity index (χ0v) is 13.0.